The molecule has 7 aliphatic rings. The molecule has 4 atom stereocenters. The van der Waals surface area contributed by atoms with Crippen molar-refractivity contribution in [3.63, 3.8) is 0 Å². The van der Waals surface area contributed by atoms with Crippen LogP contribution >= 0.6 is 0 Å². The van der Waals surface area contributed by atoms with Crippen LogP contribution in [0.2, 0.25) is 0 Å². The number of hydrogen-bond acceptors (Lipinski definition) is 6. The van der Waals surface area contributed by atoms with Gasteiger partial charge in [-0.15, -0.1) is 0 Å². The van der Waals surface area contributed by atoms with Crippen LogP contribution in [-0.4, -0.2) is 64.4 Å². The zero-order valence-corrected chi connectivity index (χ0v) is 40.1. The summed E-state index contributed by atoms with van der Waals surface area (Å²) < 4.78 is 31.5. The average Bonchev–Trinajstić information content (AvgIpc) is 3.18. The predicted octanol–water partition coefficient (Wildman–Crippen LogP) is 15.3. The Hall–Kier alpha value is -0.240. The van der Waals surface area contributed by atoms with Gasteiger partial charge in [0.2, 0.25) is 0 Å². The summed E-state index contributed by atoms with van der Waals surface area (Å²) in [7, 11) is 0. The molecule has 57 heavy (non-hydrogen) atoms. The van der Waals surface area contributed by atoms with Crippen LogP contribution in [0.25, 0.3) is 0 Å². The first-order valence-electron chi connectivity index (χ1n) is 24.2. The molecule has 7 fully saturated rings. The lowest BCUT2D eigenvalue weighted by Crippen LogP contribution is -2.27. The van der Waals surface area contributed by atoms with Gasteiger partial charge >= 0.3 is 0 Å². The maximum Gasteiger partial charge on any atom is 0.154 e. The van der Waals surface area contributed by atoms with E-state index in [0.717, 1.165) is 87.0 Å². The maximum absolute atomic E-state index is 5.39. The van der Waals surface area contributed by atoms with Crippen LogP contribution in [0, 0.1) is 59.2 Å². The third-order valence-electron chi connectivity index (χ3n) is 12.8. The molecule has 4 aliphatic heterocycles. The first kappa shape index (κ1) is 56.8. The zero-order valence-electron chi connectivity index (χ0n) is 40.1. The molecule has 4 saturated heterocycles. The van der Waals surface area contributed by atoms with Gasteiger partial charge in [-0.2, -0.15) is 0 Å². The summed E-state index contributed by atoms with van der Waals surface area (Å²) in [5, 5.41) is 0. The van der Waals surface area contributed by atoms with Crippen LogP contribution in [0.1, 0.15) is 210 Å². The first-order chi connectivity index (χ1) is 26.5. The Kier molecular flexibility index (Phi) is 34.2. The van der Waals surface area contributed by atoms with E-state index in [9.17, 15) is 0 Å². The fourth-order valence-electron chi connectivity index (χ4n) is 7.70. The minimum atomic E-state index is 0. The molecule has 0 radical (unpaired) electrons. The van der Waals surface area contributed by atoms with E-state index < -0.39 is 0 Å². The topological polar surface area (TPSA) is 55.4 Å². The molecule has 0 aromatic heterocycles. The fraction of sp³-hybridized carbons (Fsp3) is 1.00. The van der Waals surface area contributed by atoms with E-state index in [1.54, 1.807) is 0 Å². The molecule has 0 aromatic rings. The molecule has 0 N–H and O–H groups in total. The van der Waals surface area contributed by atoms with Gasteiger partial charge in [0.15, 0.2) is 12.6 Å². The molecule has 6 nitrogen and oxygen atoms in total. The van der Waals surface area contributed by atoms with E-state index in [4.69, 9.17) is 28.4 Å². The highest BCUT2D eigenvalue weighted by molar-refractivity contribution is 4.68. The van der Waals surface area contributed by atoms with Crippen molar-refractivity contribution in [2.75, 3.05) is 39.6 Å². The van der Waals surface area contributed by atoms with Crippen LogP contribution in [0.15, 0.2) is 0 Å². The van der Waals surface area contributed by atoms with Gasteiger partial charge in [-0.3, -0.25) is 0 Å². The quantitative estimate of drug-likeness (QED) is 0.243. The number of rotatable bonds is 0. The molecule has 7 rings (SSSR count). The van der Waals surface area contributed by atoms with Crippen LogP contribution in [-0.2, 0) is 28.4 Å². The van der Waals surface area contributed by atoms with Crippen molar-refractivity contribution in [2.45, 2.75) is 232 Å². The minimum absolute atomic E-state index is 0. The molecule has 0 aromatic carbocycles. The van der Waals surface area contributed by atoms with E-state index in [-0.39, 0.29) is 22.9 Å². The van der Waals surface area contributed by atoms with Gasteiger partial charge in [0.1, 0.15) is 0 Å². The van der Waals surface area contributed by atoms with Crippen molar-refractivity contribution in [3.8, 4) is 0 Å². The Morgan fingerprint density at radius 2 is 0.404 bits per heavy atom. The lowest BCUT2D eigenvalue weighted by atomic mass is 9.84. The monoisotopic (exact) mass is 817 g/mol. The van der Waals surface area contributed by atoms with Gasteiger partial charge in [0.25, 0.3) is 0 Å². The largest absolute Gasteiger partial charge is 0.378 e. The SMILES string of the molecule is C.CC1CCC(C)CC1.CC1CCC(C)CC1.CC1CCC(C)CC1.CC1CCC(C)OC1.CC1CCC(C)OC1.CC1COC(C)OC1.CC1COC(C)OC1.[HH].[HH]. The van der Waals surface area contributed by atoms with E-state index in [1.165, 1.54) is 103 Å². The molecule has 3 saturated carbocycles. The fourth-order valence-corrected chi connectivity index (χ4v) is 7.70. The van der Waals surface area contributed by atoms with Crippen molar-refractivity contribution >= 4 is 0 Å². The van der Waals surface area contributed by atoms with E-state index in [2.05, 4.69) is 83.1 Å². The smallest absolute Gasteiger partial charge is 0.154 e. The van der Waals surface area contributed by atoms with Crippen molar-refractivity contribution in [1.29, 1.82) is 0 Å². The van der Waals surface area contributed by atoms with Crippen molar-refractivity contribution in [1.82, 2.24) is 0 Å². The van der Waals surface area contributed by atoms with Crippen molar-refractivity contribution < 1.29 is 31.3 Å². The van der Waals surface area contributed by atoms with Crippen LogP contribution in [0.4, 0.5) is 0 Å². The summed E-state index contributed by atoms with van der Waals surface area (Å²) >= 11 is 0. The summed E-state index contributed by atoms with van der Waals surface area (Å²) in [5.74, 6) is 8.86. The molecular formula is C51H108O6. The van der Waals surface area contributed by atoms with Gasteiger partial charge in [0.05, 0.1) is 38.6 Å². The Labute approximate surface area is 361 Å². The van der Waals surface area contributed by atoms with Gasteiger partial charge in [0, 0.05) is 27.9 Å². The van der Waals surface area contributed by atoms with Crippen molar-refractivity contribution in [2.24, 2.45) is 59.2 Å². The molecular weight excluding hydrogens is 709 g/mol. The van der Waals surface area contributed by atoms with E-state index >= 15 is 0 Å². The Morgan fingerprint density at radius 3 is 0.544 bits per heavy atom. The van der Waals surface area contributed by atoms with E-state index in [1.807, 2.05) is 13.8 Å². The van der Waals surface area contributed by atoms with Gasteiger partial charge < -0.3 is 28.4 Å². The molecule has 6 heteroatoms. The van der Waals surface area contributed by atoms with Gasteiger partial charge in [-0.1, -0.05) is 154 Å². The predicted molar refractivity (Wildman–Crippen MR) is 250 cm³/mol. The second-order valence-electron chi connectivity index (χ2n) is 20.4. The maximum atomic E-state index is 5.39. The van der Waals surface area contributed by atoms with Crippen LogP contribution < -0.4 is 0 Å². The van der Waals surface area contributed by atoms with Gasteiger partial charge in [-0.05, 0) is 101 Å². The summed E-state index contributed by atoms with van der Waals surface area (Å²) in [6, 6.07) is 0. The van der Waals surface area contributed by atoms with Gasteiger partial charge in [-0.25, -0.2) is 0 Å². The lowest BCUT2D eigenvalue weighted by Gasteiger charge is -2.24. The molecule has 0 amide bonds. The number of ether oxygens (including phenoxy) is 6. The molecule has 0 spiro atoms. The van der Waals surface area contributed by atoms with Crippen LogP contribution in [0.5, 0.6) is 0 Å². The van der Waals surface area contributed by atoms with Crippen LogP contribution in [0.3, 0.4) is 0 Å². The van der Waals surface area contributed by atoms with Crippen molar-refractivity contribution in [3.05, 3.63) is 0 Å². The molecule has 4 heterocycles. The summed E-state index contributed by atoms with van der Waals surface area (Å²) in [6.07, 6.45) is 24.0. The Balaban J connectivity index is -0.000000615. The summed E-state index contributed by atoms with van der Waals surface area (Å²) in [6.45, 7) is 36.4. The third-order valence-corrected chi connectivity index (χ3v) is 12.8. The Morgan fingerprint density at radius 1 is 0.228 bits per heavy atom. The summed E-state index contributed by atoms with van der Waals surface area (Å²) in [4.78, 5) is 0. The lowest BCUT2D eigenvalue weighted by molar-refractivity contribution is -0.187. The second kappa shape index (κ2) is 34.4. The average molecular weight is 817 g/mol. The zero-order chi connectivity index (χ0) is 41.9. The van der Waals surface area contributed by atoms with E-state index in [0.29, 0.717) is 24.0 Å². The first-order valence-corrected chi connectivity index (χ1v) is 24.2. The molecule has 4 unspecified atom stereocenters. The summed E-state index contributed by atoms with van der Waals surface area (Å²) in [5.41, 5.74) is 0. The minimum Gasteiger partial charge on any atom is -0.378 e. The molecule has 3 aliphatic carbocycles. The highest BCUT2D eigenvalue weighted by atomic mass is 16.7. The highest BCUT2D eigenvalue weighted by Gasteiger charge is 2.17. The molecule has 0 bridgehead atoms. The number of hydrogen-bond donors (Lipinski definition) is 0. The normalized spacial score (nSPS) is 39.1. The Bertz CT molecular complexity index is 576. The molecule has 348 valence electrons. The standard InChI is InChI=1S/3C8H16.2C7H14O.2C6H12O2.CH4.2H2/c3*1-7-3-5-8(2)6-4-7;2*1-6-3-4-7(2)8-5-6;2*1-5-3-7-6(2)8-4-5;;;/h3*7-8H,3-6H2,1-2H3;2*6-7H,3-5H2,1-2H3;2*5-6H,3-4H2,1-2H3;1H4;2*1H. The third kappa shape index (κ3) is 33.1. The second-order valence-corrected chi connectivity index (χ2v) is 20.4. The highest BCUT2D eigenvalue weighted by Crippen LogP contribution is 2.29.